The fourth-order valence-electron chi connectivity index (χ4n) is 0.801. The summed E-state index contributed by atoms with van der Waals surface area (Å²) in [6.45, 7) is 3.53. The summed E-state index contributed by atoms with van der Waals surface area (Å²) in [5.74, 6) is 0. The van der Waals surface area contributed by atoms with E-state index in [4.69, 9.17) is 17.3 Å². The predicted octanol–water partition coefficient (Wildman–Crippen LogP) is 1.84. The van der Waals surface area contributed by atoms with Crippen LogP contribution in [0.1, 0.15) is 11.8 Å². The highest BCUT2D eigenvalue weighted by Crippen LogP contribution is 2.21. The van der Waals surface area contributed by atoms with E-state index in [1.807, 2.05) is 11.4 Å². The van der Waals surface area contributed by atoms with E-state index in [0.29, 0.717) is 12.6 Å². The number of halogens is 1. The fraction of sp³-hybridized carbons (Fsp3) is 0.500. The molecule has 1 heterocycles. The molecule has 1 atom stereocenters. The summed E-state index contributed by atoms with van der Waals surface area (Å²) in [7, 11) is 0. The van der Waals surface area contributed by atoms with Crippen LogP contribution >= 0.6 is 22.9 Å². The maximum Gasteiger partial charge on any atom is 0.0558 e. The van der Waals surface area contributed by atoms with Crippen LogP contribution in [0.25, 0.3) is 0 Å². The van der Waals surface area contributed by atoms with E-state index in [9.17, 15) is 0 Å². The third-order valence-corrected chi connectivity index (χ3v) is 3.04. The van der Waals surface area contributed by atoms with Crippen LogP contribution in [0.15, 0.2) is 11.4 Å². The Labute approximate surface area is 81.7 Å². The Balaban J connectivity index is 2.38. The monoisotopic (exact) mass is 204 g/mol. The van der Waals surface area contributed by atoms with Gasteiger partial charge in [-0.2, -0.15) is 0 Å². The molecule has 0 aromatic carbocycles. The van der Waals surface area contributed by atoms with E-state index in [1.54, 1.807) is 11.3 Å². The Bertz CT molecular complexity index is 237. The number of hydrogen-bond donors (Lipinski definition) is 2. The summed E-state index contributed by atoms with van der Waals surface area (Å²) >= 11 is 7.57. The van der Waals surface area contributed by atoms with Crippen LogP contribution in [0.5, 0.6) is 0 Å². The lowest BCUT2D eigenvalue weighted by Gasteiger charge is -2.09. The zero-order chi connectivity index (χ0) is 8.97. The van der Waals surface area contributed by atoms with E-state index >= 15 is 0 Å². The molecule has 1 unspecified atom stereocenters. The first-order valence-corrected chi connectivity index (χ1v) is 5.15. The van der Waals surface area contributed by atoms with E-state index in [0.717, 1.165) is 11.6 Å². The molecule has 0 fully saturated rings. The Kier molecular flexibility index (Phi) is 4.01. The molecule has 68 valence electrons. The smallest absolute Gasteiger partial charge is 0.0558 e. The summed E-state index contributed by atoms with van der Waals surface area (Å²) in [6.07, 6.45) is 0. The molecule has 0 radical (unpaired) electrons. The van der Waals surface area contributed by atoms with Crippen molar-refractivity contribution >= 4 is 22.9 Å². The zero-order valence-electron chi connectivity index (χ0n) is 7.01. The lowest BCUT2D eigenvalue weighted by atomic mass is 10.3. The molecule has 1 rings (SSSR count). The second kappa shape index (κ2) is 4.82. The van der Waals surface area contributed by atoms with Crippen molar-refractivity contribution in [1.29, 1.82) is 0 Å². The molecule has 0 spiro atoms. The van der Waals surface area contributed by atoms with Gasteiger partial charge >= 0.3 is 0 Å². The van der Waals surface area contributed by atoms with Gasteiger partial charge in [-0.15, -0.1) is 11.3 Å². The number of thiophene rings is 1. The van der Waals surface area contributed by atoms with E-state index in [2.05, 4.69) is 12.2 Å². The standard InChI is InChI=1S/C8H13ClN2S/c1-6(4-10)11-5-8-7(9)2-3-12-8/h2-3,6,11H,4-5,10H2,1H3. The summed E-state index contributed by atoms with van der Waals surface area (Å²) in [5, 5.41) is 6.11. The van der Waals surface area contributed by atoms with Crippen LogP contribution in [-0.4, -0.2) is 12.6 Å². The summed E-state index contributed by atoms with van der Waals surface area (Å²) in [6, 6.07) is 2.26. The van der Waals surface area contributed by atoms with Gasteiger partial charge in [-0.25, -0.2) is 0 Å². The van der Waals surface area contributed by atoms with Gasteiger partial charge in [0.15, 0.2) is 0 Å². The van der Waals surface area contributed by atoms with E-state index in [-0.39, 0.29) is 0 Å². The second-order valence-corrected chi connectivity index (χ2v) is 4.12. The zero-order valence-corrected chi connectivity index (χ0v) is 8.58. The van der Waals surface area contributed by atoms with Crippen molar-refractivity contribution in [3.63, 3.8) is 0 Å². The first-order valence-electron chi connectivity index (χ1n) is 3.89. The number of hydrogen-bond acceptors (Lipinski definition) is 3. The summed E-state index contributed by atoms with van der Waals surface area (Å²) in [4.78, 5) is 1.18. The average molecular weight is 205 g/mol. The Hall–Kier alpha value is -0.0900. The SMILES string of the molecule is CC(CN)NCc1sccc1Cl. The van der Waals surface area contributed by atoms with E-state index < -0.39 is 0 Å². The van der Waals surface area contributed by atoms with Gasteiger partial charge < -0.3 is 11.1 Å². The van der Waals surface area contributed by atoms with Crippen molar-refractivity contribution in [1.82, 2.24) is 5.32 Å². The minimum absolute atomic E-state index is 0.350. The van der Waals surface area contributed by atoms with Gasteiger partial charge in [-0.1, -0.05) is 11.6 Å². The third-order valence-electron chi connectivity index (χ3n) is 1.66. The van der Waals surface area contributed by atoms with Crippen molar-refractivity contribution in [3.05, 3.63) is 21.3 Å². The molecular formula is C8H13ClN2S. The van der Waals surface area contributed by atoms with Crippen molar-refractivity contribution in [2.75, 3.05) is 6.54 Å². The molecule has 3 N–H and O–H groups in total. The molecule has 0 saturated heterocycles. The fourth-order valence-corrected chi connectivity index (χ4v) is 1.86. The molecule has 0 bridgehead atoms. The van der Waals surface area contributed by atoms with Gasteiger partial charge in [0, 0.05) is 24.0 Å². The van der Waals surface area contributed by atoms with Crippen molar-refractivity contribution < 1.29 is 0 Å². The van der Waals surface area contributed by atoms with Crippen molar-refractivity contribution in [2.45, 2.75) is 19.5 Å². The van der Waals surface area contributed by atoms with Gasteiger partial charge in [-0.05, 0) is 18.4 Å². The van der Waals surface area contributed by atoms with Crippen LogP contribution in [-0.2, 0) is 6.54 Å². The van der Waals surface area contributed by atoms with Crippen LogP contribution in [0.4, 0.5) is 0 Å². The highest BCUT2D eigenvalue weighted by atomic mass is 35.5. The maximum absolute atomic E-state index is 5.91. The van der Waals surface area contributed by atoms with Crippen molar-refractivity contribution in [2.24, 2.45) is 5.73 Å². The first kappa shape index (κ1) is 9.99. The largest absolute Gasteiger partial charge is 0.329 e. The number of nitrogens with two attached hydrogens (primary N) is 1. The van der Waals surface area contributed by atoms with Gasteiger partial charge in [0.05, 0.1) is 5.02 Å². The first-order chi connectivity index (χ1) is 5.74. The minimum atomic E-state index is 0.350. The van der Waals surface area contributed by atoms with Crippen molar-refractivity contribution in [3.8, 4) is 0 Å². The lowest BCUT2D eigenvalue weighted by molar-refractivity contribution is 0.560. The quantitative estimate of drug-likeness (QED) is 0.786. The number of nitrogens with one attached hydrogen (secondary N) is 1. The minimum Gasteiger partial charge on any atom is -0.329 e. The molecule has 4 heteroatoms. The summed E-state index contributed by atoms with van der Waals surface area (Å²) in [5.41, 5.74) is 5.46. The maximum atomic E-state index is 5.91. The lowest BCUT2D eigenvalue weighted by Crippen LogP contribution is -2.32. The average Bonchev–Trinajstić information content (AvgIpc) is 2.47. The highest BCUT2D eigenvalue weighted by molar-refractivity contribution is 7.10. The second-order valence-electron chi connectivity index (χ2n) is 2.71. The van der Waals surface area contributed by atoms with E-state index in [1.165, 1.54) is 4.88 Å². The molecule has 1 aromatic heterocycles. The highest BCUT2D eigenvalue weighted by Gasteiger charge is 2.02. The normalized spacial score (nSPS) is 13.2. The topological polar surface area (TPSA) is 38.0 Å². The van der Waals surface area contributed by atoms with Gasteiger partial charge in [-0.3, -0.25) is 0 Å². The molecule has 0 saturated carbocycles. The molecule has 0 aliphatic rings. The Morgan fingerprint density at radius 3 is 3.00 bits per heavy atom. The molecule has 12 heavy (non-hydrogen) atoms. The molecule has 1 aromatic rings. The Morgan fingerprint density at radius 1 is 1.75 bits per heavy atom. The molecule has 0 aliphatic carbocycles. The van der Waals surface area contributed by atoms with Crippen LogP contribution < -0.4 is 11.1 Å². The van der Waals surface area contributed by atoms with Gasteiger partial charge in [0.1, 0.15) is 0 Å². The van der Waals surface area contributed by atoms with Gasteiger partial charge in [0.2, 0.25) is 0 Å². The third kappa shape index (κ3) is 2.75. The Morgan fingerprint density at radius 2 is 2.50 bits per heavy atom. The number of rotatable bonds is 4. The predicted molar refractivity (Wildman–Crippen MR) is 54.7 cm³/mol. The van der Waals surface area contributed by atoms with Crippen LogP contribution in [0.3, 0.4) is 0 Å². The van der Waals surface area contributed by atoms with Crippen LogP contribution in [0.2, 0.25) is 5.02 Å². The van der Waals surface area contributed by atoms with Crippen LogP contribution in [0, 0.1) is 0 Å². The molecule has 0 amide bonds. The van der Waals surface area contributed by atoms with Gasteiger partial charge in [0.25, 0.3) is 0 Å². The molecule has 2 nitrogen and oxygen atoms in total. The summed E-state index contributed by atoms with van der Waals surface area (Å²) < 4.78 is 0. The molecular weight excluding hydrogens is 192 g/mol. The molecule has 0 aliphatic heterocycles.